The number of hydrogen-bond acceptors (Lipinski definition) is 5. The van der Waals surface area contributed by atoms with Crippen molar-refractivity contribution < 1.29 is 29.4 Å². The first kappa shape index (κ1) is 14.6. The summed E-state index contributed by atoms with van der Waals surface area (Å²) in [4.78, 5) is 43.7. The van der Waals surface area contributed by atoms with E-state index in [2.05, 4.69) is 15.8 Å². The summed E-state index contributed by atoms with van der Waals surface area (Å²) in [6, 6.07) is -1.30. The Morgan fingerprint density at radius 3 is 2.47 bits per heavy atom. The van der Waals surface area contributed by atoms with Gasteiger partial charge in [-0.1, -0.05) is 0 Å². The van der Waals surface area contributed by atoms with Gasteiger partial charge in [0.2, 0.25) is 5.91 Å². The van der Waals surface area contributed by atoms with E-state index in [-0.39, 0.29) is 37.3 Å². The van der Waals surface area contributed by atoms with Gasteiger partial charge >= 0.3 is 11.9 Å². The summed E-state index contributed by atoms with van der Waals surface area (Å²) in [6.45, 7) is 0. The number of carbonyl (C=O) groups is 4. The fourth-order valence-corrected chi connectivity index (χ4v) is 1.40. The standard InChI is InChI=1S/C10H13N3O6/c14-7-3-1-5(12-13-7)9(17)11-6(10(18)19)2-4-8(15)16/h6H,1-4H2,(H,11,17)(H,13,14)(H,15,16)(H,18,19)/t6-/m0/s1. The van der Waals surface area contributed by atoms with Crippen LogP contribution in [0.1, 0.15) is 25.7 Å². The molecule has 1 heterocycles. The molecule has 0 spiro atoms. The molecule has 0 aliphatic carbocycles. The van der Waals surface area contributed by atoms with Crippen LogP contribution in [-0.4, -0.2) is 45.7 Å². The van der Waals surface area contributed by atoms with E-state index in [0.29, 0.717) is 0 Å². The number of amides is 2. The van der Waals surface area contributed by atoms with Gasteiger partial charge in [-0.15, -0.1) is 0 Å². The van der Waals surface area contributed by atoms with Crippen molar-refractivity contribution >= 4 is 29.5 Å². The molecule has 0 bridgehead atoms. The number of hydrazone groups is 1. The van der Waals surface area contributed by atoms with Gasteiger partial charge in [-0.05, 0) is 6.42 Å². The van der Waals surface area contributed by atoms with Crippen LogP contribution in [0, 0.1) is 0 Å². The molecule has 9 heteroatoms. The van der Waals surface area contributed by atoms with Crippen molar-refractivity contribution in [3.05, 3.63) is 0 Å². The summed E-state index contributed by atoms with van der Waals surface area (Å²) in [7, 11) is 0. The Bertz CT molecular complexity index is 445. The molecule has 1 aliphatic rings. The van der Waals surface area contributed by atoms with E-state index in [1.807, 2.05) is 0 Å². The largest absolute Gasteiger partial charge is 0.481 e. The number of carboxylic acids is 2. The molecule has 19 heavy (non-hydrogen) atoms. The van der Waals surface area contributed by atoms with Crippen molar-refractivity contribution in [3.8, 4) is 0 Å². The lowest BCUT2D eigenvalue weighted by molar-refractivity contribution is -0.142. The number of nitrogens with zero attached hydrogens (tertiary/aromatic N) is 1. The van der Waals surface area contributed by atoms with Gasteiger partial charge in [-0.25, -0.2) is 10.2 Å². The fourth-order valence-electron chi connectivity index (χ4n) is 1.40. The Hall–Kier alpha value is -2.45. The predicted molar refractivity (Wildman–Crippen MR) is 61.2 cm³/mol. The Balaban J connectivity index is 2.58. The lowest BCUT2D eigenvalue weighted by atomic mass is 10.1. The number of carboxylic acid groups (broad SMARTS) is 2. The van der Waals surface area contributed by atoms with Crippen molar-refractivity contribution in [1.82, 2.24) is 10.7 Å². The summed E-state index contributed by atoms with van der Waals surface area (Å²) in [6.07, 6.45) is -0.390. The van der Waals surface area contributed by atoms with Crippen molar-refractivity contribution in [2.45, 2.75) is 31.7 Å². The van der Waals surface area contributed by atoms with Crippen LogP contribution in [0.5, 0.6) is 0 Å². The molecule has 1 atom stereocenters. The molecule has 1 rings (SSSR count). The van der Waals surface area contributed by atoms with Gasteiger partial charge in [0.05, 0.1) is 0 Å². The Labute approximate surface area is 107 Å². The zero-order valence-electron chi connectivity index (χ0n) is 9.88. The summed E-state index contributed by atoms with van der Waals surface area (Å²) in [5.74, 6) is -3.52. The average Bonchev–Trinajstić information content (AvgIpc) is 2.34. The molecule has 2 amide bonds. The molecule has 0 radical (unpaired) electrons. The van der Waals surface area contributed by atoms with E-state index in [9.17, 15) is 19.2 Å². The molecule has 0 fully saturated rings. The molecule has 4 N–H and O–H groups in total. The van der Waals surface area contributed by atoms with Crippen LogP contribution in [-0.2, 0) is 19.2 Å². The number of hydrogen-bond donors (Lipinski definition) is 4. The lowest BCUT2D eigenvalue weighted by Gasteiger charge is -2.16. The third-order valence-corrected chi connectivity index (χ3v) is 2.42. The monoisotopic (exact) mass is 271 g/mol. The minimum absolute atomic E-state index is 0.0150. The van der Waals surface area contributed by atoms with E-state index >= 15 is 0 Å². The number of rotatable bonds is 6. The third kappa shape index (κ3) is 4.74. The SMILES string of the molecule is O=C(O)CC[C@H](NC(=O)C1=NNC(=O)CC1)C(=O)O. The maximum atomic E-state index is 11.7. The Kier molecular flexibility index (Phi) is 4.98. The first-order valence-electron chi connectivity index (χ1n) is 5.51. The summed E-state index contributed by atoms with van der Waals surface area (Å²) >= 11 is 0. The molecule has 0 unspecified atom stereocenters. The van der Waals surface area contributed by atoms with Crippen LogP contribution < -0.4 is 10.7 Å². The van der Waals surface area contributed by atoms with Crippen LogP contribution >= 0.6 is 0 Å². The predicted octanol–water partition coefficient (Wildman–Crippen LogP) is -1.31. The maximum Gasteiger partial charge on any atom is 0.326 e. The van der Waals surface area contributed by atoms with Crippen molar-refractivity contribution in [2.75, 3.05) is 0 Å². The van der Waals surface area contributed by atoms with Gasteiger partial charge in [0.15, 0.2) is 0 Å². The first-order valence-corrected chi connectivity index (χ1v) is 5.51. The smallest absolute Gasteiger partial charge is 0.326 e. The van der Waals surface area contributed by atoms with Crippen molar-refractivity contribution in [2.24, 2.45) is 5.10 Å². The second-order valence-electron chi connectivity index (χ2n) is 3.89. The van der Waals surface area contributed by atoms with Gasteiger partial charge < -0.3 is 15.5 Å². The van der Waals surface area contributed by atoms with Crippen molar-refractivity contribution in [3.63, 3.8) is 0 Å². The van der Waals surface area contributed by atoms with Gasteiger partial charge in [0.1, 0.15) is 11.8 Å². The Morgan fingerprint density at radius 2 is 2.00 bits per heavy atom. The zero-order chi connectivity index (χ0) is 14.4. The fraction of sp³-hybridized carbons (Fsp3) is 0.500. The molecule has 0 aromatic rings. The highest BCUT2D eigenvalue weighted by Crippen LogP contribution is 2.02. The quantitative estimate of drug-likeness (QED) is 0.471. The number of nitrogens with one attached hydrogen (secondary N) is 2. The van der Waals surface area contributed by atoms with E-state index in [4.69, 9.17) is 10.2 Å². The summed E-state index contributed by atoms with van der Waals surface area (Å²) in [5, 5.41) is 23.0. The van der Waals surface area contributed by atoms with Crippen LogP contribution in [0.4, 0.5) is 0 Å². The molecule has 0 aromatic heterocycles. The molecule has 9 nitrogen and oxygen atoms in total. The molecule has 104 valence electrons. The first-order chi connectivity index (χ1) is 8.90. The highest BCUT2D eigenvalue weighted by atomic mass is 16.4. The Morgan fingerprint density at radius 1 is 1.32 bits per heavy atom. The van der Waals surface area contributed by atoms with E-state index < -0.39 is 23.9 Å². The summed E-state index contributed by atoms with van der Waals surface area (Å²) in [5.41, 5.74) is 2.13. The van der Waals surface area contributed by atoms with Gasteiger partial charge in [0, 0.05) is 19.3 Å². The topological polar surface area (TPSA) is 145 Å². The molecular formula is C10H13N3O6. The van der Waals surface area contributed by atoms with Gasteiger partial charge in [-0.3, -0.25) is 14.4 Å². The average molecular weight is 271 g/mol. The molecule has 1 aliphatic heterocycles. The van der Waals surface area contributed by atoms with Crippen LogP contribution in [0.2, 0.25) is 0 Å². The zero-order valence-corrected chi connectivity index (χ0v) is 9.88. The number of carbonyl (C=O) groups excluding carboxylic acids is 2. The highest BCUT2D eigenvalue weighted by Gasteiger charge is 2.25. The van der Waals surface area contributed by atoms with Crippen molar-refractivity contribution in [1.29, 1.82) is 0 Å². The second kappa shape index (κ2) is 6.47. The molecule has 0 saturated heterocycles. The van der Waals surface area contributed by atoms with Crippen LogP contribution in [0.25, 0.3) is 0 Å². The van der Waals surface area contributed by atoms with E-state index in [1.165, 1.54) is 0 Å². The molecular weight excluding hydrogens is 258 g/mol. The number of aliphatic carboxylic acids is 2. The minimum atomic E-state index is -1.32. The summed E-state index contributed by atoms with van der Waals surface area (Å²) < 4.78 is 0. The van der Waals surface area contributed by atoms with Crippen LogP contribution in [0.15, 0.2) is 5.10 Å². The van der Waals surface area contributed by atoms with E-state index in [0.717, 1.165) is 0 Å². The van der Waals surface area contributed by atoms with Crippen LogP contribution in [0.3, 0.4) is 0 Å². The van der Waals surface area contributed by atoms with Gasteiger partial charge in [0.25, 0.3) is 5.91 Å². The molecule has 0 saturated carbocycles. The maximum absolute atomic E-state index is 11.7. The lowest BCUT2D eigenvalue weighted by Crippen LogP contribution is -2.45. The minimum Gasteiger partial charge on any atom is -0.481 e. The molecule has 0 aromatic carbocycles. The van der Waals surface area contributed by atoms with E-state index in [1.54, 1.807) is 0 Å². The second-order valence-corrected chi connectivity index (χ2v) is 3.89. The normalized spacial score (nSPS) is 16.0. The van der Waals surface area contributed by atoms with Gasteiger partial charge in [-0.2, -0.15) is 5.10 Å². The highest BCUT2D eigenvalue weighted by molar-refractivity contribution is 6.39. The third-order valence-electron chi connectivity index (χ3n) is 2.42.